The van der Waals surface area contributed by atoms with Crippen LogP contribution in [0.1, 0.15) is 216 Å². The SMILES string of the molecule is CCCC(c1cc(C(C)(C)C)c(O)cc1C)c1cc(C(C)(C)C)c(O)cc1C.Cc1cc(CCC(=O)OCC(C)(C)C2OCC3(CO2)COC(C(C)(C)COC(=O)CCc2cc(C)c(O)c(C(C)(C)C)c2)OC3)cc(C(C)(C)C)c1O. The summed E-state index contributed by atoms with van der Waals surface area (Å²) in [7, 11) is 0. The van der Waals surface area contributed by atoms with Crippen molar-refractivity contribution >= 4 is 11.9 Å². The molecule has 1 spiro atoms. The standard InChI is InChI=1S/C43H64O10.C26H38O2/c1-27-17-29(19-31(35(27)46)39(3,4)5)13-15-33(44)48-21-41(9,10)37-50-23-43(24-51-37)25-52-38(53-26-43)42(11,12)22-49-34(45)16-14-30-18-28(2)36(47)32(20-30)40(6,7)8;1-10-11-18(19-14-21(25(4,5)6)23(27)12-16(19)2)20-15-22(26(7,8)9)24(28)13-17(20)3/h17-20,37-38,46-47H,13-16,21-26H2,1-12H3;12-15,18,27-28H,10-11H2,1-9H3. The molecule has 0 atom stereocenters. The van der Waals surface area contributed by atoms with E-state index in [1.807, 2.05) is 77.9 Å². The van der Waals surface area contributed by atoms with Crippen LogP contribution < -0.4 is 0 Å². The lowest BCUT2D eigenvalue weighted by atomic mass is 9.76. The molecule has 0 saturated carbocycles. The highest BCUT2D eigenvalue weighted by Gasteiger charge is 2.48. The topological polar surface area (TPSA) is 170 Å². The minimum Gasteiger partial charge on any atom is -0.508 e. The molecule has 81 heavy (non-hydrogen) atoms. The Bertz CT molecular complexity index is 2620. The molecule has 0 bridgehead atoms. The van der Waals surface area contributed by atoms with Crippen LogP contribution in [0.5, 0.6) is 23.0 Å². The minimum absolute atomic E-state index is 0.121. The van der Waals surface area contributed by atoms with E-state index in [2.05, 4.69) is 116 Å². The van der Waals surface area contributed by atoms with Gasteiger partial charge in [0.1, 0.15) is 36.2 Å². The highest BCUT2D eigenvalue weighted by molar-refractivity contribution is 5.70. The highest BCUT2D eigenvalue weighted by Crippen LogP contribution is 2.44. The van der Waals surface area contributed by atoms with E-state index in [9.17, 15) is 30.0 Å². The molecule has 12 nitrogen and oxygen atoms in total. The van der Waals surface area contributed by atoms with Gasteiger partial charge in [0, 0.05) is 29.6 Å². The van der Waals surface area contributed by atoms with Crippen molar-refractivity contribution in [3.63, 3.8) is 0 Å². The summed E-state index contributed by atoms with van der Waals surface area (Å²) in [5.41, 5.74) is 9.73. The van der Waals surface area contributed by atoms with Crippen molar-refractivity contribution in [2.24, 2.45) is 16.2 Å². The predicted octanol–water partition coefficient (Wildman–Crippen LogP) is 15.0. The van der Waals surface area contributed by atoms with Crippen molar-refractivity contribution < 1.29 is 58.4 Å². The molecule has 4 N–H and O–H groups in total. The molecule has 0 radical (unpaired) electrons. The van der Waals surface area contributed by atoms with Gasteiger partial charge < -0.3 is 48.8 Å². The number of rotatable bonds is 16. The fourth-order valence-corrected chi connectivity index (χ4v) is 10.8. The minimum atomic E-state index is -0.591. The van der Waals surface area contributed by atoms with E-state index in [1.165, 1.54) is 11.1 Å². The second-order valence-electron chi connectivity index (χ2n) is 29.1. The zero-order valence-corrected chi connectivity index (χ0v) is 53.4. The molecule has 4 aromatic rings. The molecule has 450 valence electrons. The molecule has 0 aliphatic carbocycles. The van der Waals surface area contributed by atoms with Crippen molar-refractivity contribution in [1.29, 1.82) is 0 Å². The van der Waals surface area contributed by atoms with E-state index in [0.29, 0.717) is 62.3 Å². The third-order valence-electron chi connectivity index (χ3n) is 15.9. The molecular weight excluding hydrogens is 1020 g/mol. The van der Waals surface area contributed by atoms with Gasteiger partial charge in [-0.1, -0.05) is 161 Å². The summed E-state index contributed by atoms with van der Waals surface area (Å²) in [5, 5.41) is 42.1. The summed E-state index contributed by atoms with van der Waals surface area (Å²) in [5.74, 6) is 0.999. The third-order valence-corrected chi connectivity index (χ3v) is 15.9. The molecule has 2 aliphatic rings. The van der Waals surface area contributed by atoms with Gasteiger partial charge in [-0.3, -0.25) is 9.59 Å². The lowest BCUT2D eigenvalue weighted by molar-refractivity contribution is -0.337. The number of aryl methyl sites for hydroxylation is 6. The number of aromatic hydroxyl groups is 4. The maximum Gasteiger partial charge on any atom is 0.306 e. The van der Waals surface area contributed by atoms with Crippen LogP contribution in [0, 0.1) is 43.9 Å². The first kappa shape index (κ1) is 66.7. The molecule has 0 aromatic heterocycles. The number of ether oxygens (including phenoxy) is 6. The van der Waals surface area contributed by atoms with Crippen molar-refractivity contribution in [2.75, 3.05) is 39.6 Å². The lowest BCUT2D eigenvalue weighted by Crippen LogP contribution is -2.57. The number of benzene rings is 4. The molecule has 2 fully saturated rings. The molecule has 2 heterocycles. The Hall–Kier alpha value is -5.14. The number of phenols is 4. The van der Waals surface area contributed by atoms with Crippen molar-refractivity contribution in [3.8, 4) is 23.0 Å². The summed E-state index contributed by atoms with van der Waals surface area (Å²) in [6.45, 7) is 44.8. The highest BCUT2D eigenvalue weighted by atomic mass is 16.7. The Morgan fingerprint density at radius 2 is 0.815 bits per heavy atom. The van der Waals surface area contributed by atoms with E-state index in [4.69, 9.17) is 28.4 Å². The fraction of sp³-hybridized carbons (Fsp3) is 0.623. The third kappa shape index (κ3) is 17.2. The quantitative estimate of drug-likeness (QED) is 0.0784. The summed E-state index contributed by atoms with van der Waals surface area (Å²) in [6.07, 6.45) is 2.43. The normalized spacial score (nSPS) is 18.4. The van der Waals surface area contributed by atoms with Gasteiger partial charge in [0.15, 0.2) is 12.6 Å². The van der Waals surface area contributed by atoms with Crippen LogP contribution in [0.15, 0.2) is 48.5 Å². The van der Waals surface area contributed by atoms with Gasteiger partial charge in [-0.2, -0.15) is 0 Å². The largest absolute Gasteiger partial charge is 0.508 e. The zero-order chi connectivity index (χ0) is 61.0. The Morgan fingerprint density at radius 3 is 1.11 bits per heavy atom. The molecule has 12 heteroatoms. The number of hydrogen-bond acceptors (Lipinski definition) is 12. The van der Waals surface area contributed by atoms with Gasteiger partial charge in [0.05, 0.1) is 31.8 Å². The van der Waals surface area contributed by atoms with E-state index < -0.39 is 28.8 Å². The predicted molar refractivity (Wildman–Crippen MR) is 323 cm³/mol. The molecule has 6 rings (SSSR count). The summed E-state index contributed by atoms with van der Waals surface area (Å²) in [4.78, 5) is 25.5. The number of esters is 2. The maximum absolute atomic E-state index is 12.7. The van der Waals surface area contributed by atoms with Gasteiger partial charge in [0.2, 0.25) is 0 Å². The Kier molecular flexibility index (Phi) is 21.2. The van der Waals surface area contributed by atoms with Crippen molar-refractivity contribution in [3.05, 3.63) is 115 Å². The number of hydrogen-bond donors (Lipinski definition) is 4. The first-order chi connectivity index (χ1) is 37.2. The average molecular weight is 1120 g/mol. The van der Waals surface area contributed by atoms with Crippen LogP contribution in [0.2, 0.25) is 0 Å². The van der Waals surface area contributed by atoms with Crippen LogP contribution in [0.25, 0.3) is 0 Å². The maximum atomic E-state index is 12.7. The fourth-order valence-electron chi connectivity index (χ4n) is 10.8. The van der Waals surface area contributed by atoms with Gasteiger partial charge in [-0.25, -0.2) is 0 Å². The van der Waals surface area contributed by atoms with Gasteiger partial charge in [-0.05, 0) is 148 Å². The van der Waals surface area contributed by atoms with Crippen LogP contribution in [0.4, 0.5) is 0 Å². The van der Waals surface area contributed by atoms with Crippen molar-refractivity contribution in [1.82, 2.24) is 0 Å². The van der Waals surface area contributed by atoms with Crippen LogP contribution in [-0.4, -0.2) is 84.6 Å². The van der Waals surface area contributed by atoms with E-state index in [-0.39, 0.29) is 65.6 Å². The van der Waals surface area contributed by atoms with Crippen LogP contribution in [0.3, 0.4) is 0 Å². The first-order valence-corrected chi connectivity index (χ1v) is 29.3. The number of carbonyl (C=O) groups excluding carboxylic acids is 2. The van der Waals surface area contributed by atoms with Gasteiger partial charge in [-0.15, -0.1) is 0 Å². The van der Waals surface area contributed by atoms with Gasteiger partial charge >= 0.3 is 11.9 Å². The van der Waals surface area contributed by atoms with Crippen molar-refractivity contribution in [2.45, 2.75) is 224 Å². The van der Waals surface area contributed by atoms with Crippen LogP contribution in [-0.2, 0) is 72.5 Å². The first-order valence-electron chi connectivity index (χ1n) is 29.3. The number of carbonyl (C=O) groups is 2. The molecule has 2 saturated heterocycles. The Labute approximate surface area is 486 Å². The summed E-state index contributed by atoms with van der Waals surface area (Å²) in [6, 6.07) is 16.0. The second-order valence-corrected chi connectivity index (χ2v) is 29.1. The van der Waals surface area contributed by atoms with Crippen LogP contribution >= 0.6 is 0 Å². The molecular formula is C69H102O12. The summed E-state index contributed by atoms with van der Waals surface area (Å²) >= 11 is 0. The Morgan fingerprint density at radius 1 is 0.494 bits per heavy atom. The number of phenolic OH excluding ortho intramolecular Hbond substituents is 4. The smallest absolute Gasteiger partial charge is 0.306 e. The Balaban J connectivity index is 0.000000361. The van der Waals surface area contributed by atoms with Gasteiger partial charge in [0.25, 0.3) is 0 Å². The van der Waals surface area contributed by atoms with E-state index in [0.717, 1.165) is 68.5 Å². The molecule has 0 amide bonds. The molecule has 4 aromatic carbocycles. The average Bonchev–Trinajstić information content (AvgIpc) is 3.49. The molecule has 2 aliphatic heterocycles. The van der Waals surface area contributed by atoms with E-state index >= 15 is 0 Å². The monoisotopic (exact) mass is 1120 g/mol. The molecule has 0 unspecified atom stereocenters. The lowest BCUT2D eigenvalue weighted by Gasteiger charge is -2.48. The summed E-state index contributed by atoms with van der Waals surface area (Å²) < 4.78 is 36.1. The second kappa shape index (κ2) is 25.8. The van der Waals surface area contributed by atoms with E-state index in [1.54, 1.807) is 0 Å². The zero-order valence-electron chi connectivity index (χ0n) is 53.4.